The van der Waals surface area contributed by atoms with E-state index in [2.05, 4.69) is 37.5 Å². The molecule has 1 aromatic carbocycles. The molecular weight excluding hydrogens is 414 g/mol. The van der Waals surface area contributed by atoms with Crippen LogP contribution in [0.15, 0.2) is 24.5 Å². The van der Waals surface area contributed by atoms with Crippen LogP contribution in [0.4, 0.5) is 13.2 Å². The van der Waals surface area contributed by atoms with Crippen LogP contribution in [-0.4, -0.2) is 23.2 Å². The van der Waals surface area contributed by atoms with Crippen LogP contribution in [0.2, 0.25) is 0 Å². The second-order valence-electron chi connectivity index (χ2n) is 6.26. The molecule has 11 heteroatoms. The Labute approximate surface area is 157 Å². The fourth-order valence-electron chi connectivity index (χ4n) is 2.68. The predicted molar refractivity (Wildman–Crippen MR) is 90.9 cm³/mol. The molecule has 2 fully saturated rings. The summed E-state index contributed by atoms with van der Waals surface area (Å²) in [5, 5.41) is 3.59. The summed E-state index contributed by atoms with van der Waals surface area (Å²) in [5.41, 5.74) is 3.14. The van der Waals surface area contributed by atoms with Gasteiger partial charge in [0.2, 0.25) is 0 Å². The van der Waals surface area contributed by atoms with Gasteiger partial charge >= 0.3 is 14.4 Å². The molecule has 0 bridgehead atoms. The van der Waals surface area contributed by atoms with Gasteiger partial charge in [0.1, 0.15) is 6.33 Å². The Morgan fingerprint density at radius 2 is 1.65 bits per heavy atom. The number of rotatable bonds is 3. The van der Waals surface area contributed by atoms with Crippen molar-refractivity contribution in [1.82, 2.24) is 14.8 Å². The van der Waals surface area contributed by atoms with Crippen LogP contribution in [0.5, 0.6) is 0 Å². The Hall–Kier alpha value is -1.32. The lowest BCUT2D eigenvalue weighted by atomic mass is 10.0. The third-order valence-corrected chi connectivity index (χ3v) is 4.11. The van der Waals surface area contributed by atoms with Gasteiger partial charge in [-0.05, 0) is 54.7 Å². The van der Waals surface area contributed by atoms with Gasteiger partial charge in [-0.15, -0.1) is 5.10 Å². The van der Waals surface area contributed by atoms with Crippen molar-refractivity contribution in [2.24, 2.45) is 0 Å². The molecule has 4 rings (SSSR count). The zero-order chi connectivity index (χ0) is 19.1. The van der Waals surface area contributed by atoms with E-state index in [-0.39, 0.29) is 0 Å². The molecule has 0 N–H and O–H groups in total. The van der Waals surface area contributed by atoms with E-state index in [0.717, 1.165) is 30.4 Å². The van der Waals surface area contributed by atoms with Crippen molar-refractivity contribution in [2.75, 3.05) is 0 Å². The minimum Gasteiger partial charge on any atom is -0.220 e. The van der Waals surface area contributed by atoms with Crippen LogP contribution < -0.4 is 0 Å². The van der Waals surface area contributed by atoms with Gasteiger partial charge in [-0.3, -0.25) is 0 Å². The molecule has 2 saturated carbocycles. The van der Waals surface area contributed by atoms with Gasteiger partial charge in [0.15, 0.2) is 0 Å². The van der Waals surface area contributed by atoms with E-state index in [0.29, 0.717) is 11.8 Å². The topological polar surface area (TPSA) is 64.8 Å². The Morgan fingerprint density at radius 3 is 2.12 bits per heavy atom. The van der Waals surface area contributed by atoms with Gasteiger partial charge < -0.3 is 0 Å². The van der Waals surface area contributed by atoms with Crippen LogP contribution in [0.3, 0.4) is 0 Å². The summed E-state index contributed by atoms with van der Waals surface area (Å²) in [7, 11) is 4.81. The summed E-state index contributed by atoms with van der Waals surface area (Å²) < 4.78 is 57.5. The second kappa shape index (κ2) is 7.01. The first-order valence-electron chi connectivity index (χ1n) is 7.79. The maximum atomic E-state index is 12.6. The maximum Gasteiger partial charge on any atom is 0.453 e. The van der Waals surface area contributed by atoms with Crippen molar-refractivity contribution in [3.63, 3.8) is 0 Å². The zero-order valence-corrected chi connectivity index (χ0v) is 15.6. The molecule has 0 aliphatic heterocycles. The van der Waals surface area contributed by atoms with Crippen LogP contribution in [0, 0.1) is 0 Å². The molecular formula is C15H14Cl2F3N3O2S. The van der Waals surface area contributed by atoms with Crippen LogP contribution in [0.25, 0.3) is 5.69 Å². The molecule has 0 unspecified atom stereocenters. The first-order valence-corrected chi connectivity index (χ1v) is 10.9. The van der Waals surface area contributed by atoms with Gasteiger partial charge in [-0.2, -0.15) is 21.6 Å². The van der Waals surface area contributed by atoms with E-state index in [1.807, 2.05) is 12.1 Å². The zero-order valence-electron chi connectivity index (χ0n) is 13.2. The normalized spacial score (nSPS) is 17.6. The summed E-state index contributed by atoms with van der Waals surface area (Å²) in [4.78, 5) is 3.38. The summed E-state index contributed by atoms with van der Waals surface area (Å²) in [6.07, 6.45) is 1.28. The first kappa shape index (κ1) is 19.4. The maximum absolute atomic E-state index is 12.6. The van der Waals surface area contributed by atoms with Crippen molar-refractivity contribution in [3.05, 3.63) is 41.5 Å². The molecule has 2 aromatic rings. The number of hydrogen-bond donors (Lipinski definition) is 0. The monoisotopic (exact) mass is 427 g/mol. The first-order chi connectivity index (χ1) is 12.0. The van der Waals surface area contributed by atoms with Crippen molar-refractivity contribution in [1.29, 1.82) is 0 Å². The standard InChI is InChI=1S/C15H14F3N3.Cl2O2S/c16-15(17,18)14-19-8-21(20-14)13-6-5-11(9-1-2-9)7-12(13)10-3-4-10;1-5(2,3)4/h5-10H,1-4H2;. The van der Waals surface area contributed by atoms with Crippen LogP contribution in [-0.2, 0) is 14.4 Å². The summed E-state index contributed by atoms with van der Waals surface area (Å²) in [6.45, 7) is 0. The van der Waals surface area contributed by atoms with Crippen molar-refractivity contribution >= 4 is 29.6 Å². The molecule has 5 nitrogen and oxygen atoms in total. The van der Waals surface area contributed by atoms with Gasteiger partial charge in [0, 0.05) is 21.4 Å². The smallest absolute Gasteiger partial charge is 0.220 e. The summed E-state index contributed by atoms with van der Waals surface area (Å²) >= 11 is 0. The highest BCUT2D eigenvalue weighted by atomic mass is 36.0. The van der Waals surface area contributed by atoms with E-state index < -0.39 is 20.3 Å². The lowest BCUT2D eigenvalue weighted by molar-refractivity contribution is -0.144. The summed E-state index contributed by atoms with van der Waals surface area (Å²) in [5.74, 6) is 0.00536. The Balaban J connectivity index is 0.000000349. The summed E-state index contributed by atoms with van der Waals surface area (Å²) in [6, 6.07) is 6.05. The van der Waals surface area contributed by atoms with Crippen LogP contribution >= 0.6 is 21.4 Å². The van der Waals surface area contributed by atoms with E-state index in [4.69, 9.17) is 8.42 Å². The van der Waals surface area contributed by atoms with E-state index >= 15 is 0 Å². The molecule has 1 heterocycles. The molecule has 0 atom stereocenters. The third-order valence-electron chi connectivity index (χ3n) is 4.11. The van der Waals surface area contributed by atoms with Gasteiger partial charge in [0.25, 0.3) is 5.82 Å². The molecule has 2 aliphatic rings. The van der Waals surface area contributed by atoms with Crippen molar-refractivity contribution in [3.8, 4) is 5.69 Å². The molecule has 0 radical (unpaired) electrons. The van der Waals surface area contributed by atoms with Gasteiger partial charge in [-0.25, -0.2) is 9.67 Å². The largest absolute Gasteiger partial charge is 0.453 e. The Morgan fingerprint density at radius 1 is 1.08 bits per heavy atom. The number of alkyl halides is 3. The number of benzene rings is 1. The number of nitrogens with zero attached hydrogens (tertiary/aromatic N) is 3. The molecule has 0 amide bonds. The van der Waals surface area contributed by atoms with Crippen molar-refractivity contribution < 1.29 is 21.6 Å². The minimum absolute atomic E-state index is 0.456. The van der Waals surface area contributed by atoms with E-state index in [1.54, 1.807) is 0 Å². The molecule has 142 valence electrons. The highest BCUT2D eigenvalue weighted by molar-refractivity contribution is 8.31. The third kappa shape index (κ3) is 5.34. The second-order valence-corrected chi connectivity index (χ2v) is 9.92. The lowest BCUT2D eigenvalue weighted by Gasteiger charge is -2.10. The molecule has 0 saturated heterocycles. The average Bonchev–Trinajstić information content (AvgIpc) is 3.42. The van der Waals surface area contributed by atoms with Crippen LogP contribution in [0.1, 0.15) is 54.5 Å². The molecule has 26 heavy (non-hydrogen) atoms. The van der Waals surface area contributed by atoms with Crippen molar-refractivity contribution in [2.45, 2.75) is 43.7 Å². The number of halogens is 5. The average molecular weight is 428 g/mol. The lowest BCUT2D eigenvalue weighted by Crippen LogP contribution is -2.09. The molecule has 0 spiro atoms. The quantitative estimate of drug-likeness (QED) is 0.662. The van der Waals surface area contributed by atoms with E-state index in [9.17, 15) is 13.2 Å². The minimum atomic E-state index is -4.50. The predicted octanol–water partition coefficient (Wildman–Crippen LogP) is 4.75. The Bertz CT molecular complexity index is 899. The van der Waals surface area contributed by atoms with E-state index in [1.165, 1.54) is 23.1 Å². The fourth-order valence-corrected chi connectivity index (χ4v) is 2.68. The number of aromatic nitrogens is 3. The highest BCUT2D eigenvalue weighted by Crippen LogP contribution is 2.46. The molecule has 2 aliphatic carbocycles. The fraction of sp³-hybridized carbons (Fsp3) is 0.467. The van der Waals surface area contributed by atoms with Gasteiger partial charge in [0.05, 0.1) is 5.69 Å². The van der Waals surface area contributed by atoms with Gasteiger partial charge in [-0.1, -0.05) is 12.1 Å². The molecule has 1 aromatic heterocycles. The Kier molecular flexibility index (Phi) is 5.24. The SMILES string of the molecule is FC(F)(F)c1ncn(-c2ccc(C3CC3)cc2C2CC2)n1.O=S(=O)(Cl)Cl. The highest BCUT2D eigenvalue weighted by Gasteiger charge is 2.36. The number of hydrogen-bond acceptors (Lipinski definition) is 4.